The first-order valence-electron chi connectivity index (χ1n) is 11.1. The summed E-state index contributed by atoms with van der Waals surface area (Å²) in [6, 6.07) is 16.5. The average Bonchev–Trinajstić information content (AvgIpc) is 2.83. The number of ether oxygens (including phenoxy) is 2. The number of nitrogens with one attached hydrogen (secondary N) is 1. The lowest BCUT2D eigenvalue weighted by Gasteiger charge is -2.26. The number of carbonyl (C=O) groups is 3. The third-order valence-electron chi connectivity index (χ3n) is 5.32. The molecule has 0 radical (unpaired) electrons. The second kappa shape index (κ2) is 10.8. The molecule has 7 nitrogen and oxygen atoms in total. The minimum atomic E-state index is -0.879. The Labute approximate surface area is 218 Å². The first-order valence-corrected chi connectivity index (χ1v) is 11.8. The summed E-state index contributed by atoms with van der Waals surface area (Å²) in [6.45, 7) is 4.59. The summed E-state index contributed by atoms with van der Waals surface area (Å²) in [5, 5.41) is 2.62. The molecule has 0 unspecified atom stereocenters. The Morgan fingerprint density at radius 1 is 0.917 bits per heavy atom. The van der Waals surface area contributed by atoms with E-state index < -0.39 is 17.8 Å². The van der Waals surface area contributed by atoms with Crippen molar-refractivity contribution in [3.63, 3.8) is 0 Å². The highest BCUT2D eigenvalue weighted by molar-refractivity contribution is 6.43. The zero-order chi connectivity index (χ0) is 25.8. The largest absolute Gasteiger partial charge is 0.490 e. The smallest absolute Gasteiger partial charge is 0.335 e. The van der Waals surface area contributed by atoms with E-state index in [2.05, 4.69) is 5.32 Å². The molecule has 0 aliphatic carbocycles. The molecule has 184 valence electrons. The Morgan fingerprint density at radius 3 is 2.44 bits per heavy atom. The Bertz CT molecular complexity index is 1390. The minimum absolute atomic E-state index is 0.166. The molecule has 0 atom stereocenters. The Hall–Kier alpha value is -3.81. The van der Waals surface area contributed by atoms with Gasteiger partial charge in [0, 0.05) is 0 Å². The summed E-state index contributed by atoms with van der Waals surface area (Å²) in [7, 11) is 0. The van der Waals surface area contributed by atoms with Crippen molar-refractivity contribution >= 4 is 52.8 Å². The van der Waals surface area contributed by atoms with E-state index in [4.69, 9.17) is 32.7 Å². The molecule has 4 rings (SSSR count). The fourth-order valence-corrected chi connectivity index (χ4v) is 3.94. The van der Waals surface area contributed by atoms with Crippen LogP contribution >= 0.6 is 23.2 Å². The maximum absolute atomic E-state index is 13.2. The van der Waals surface area contributed by atoms with Crippen LogP contribution in [0.5, 0.6) is 11.5 Å². The van der Waals surface area contributed by atoms with Crippen LogP contribution in [0.2, 0.25) is 10.0 Å². The predicted octanol–water partition coefficient (Wildman–Crippen LogP) is 5.95. The molecule has 9 heteroatoms. The number of anilines is 1. The van der Waals surface area contributed by atoms with Crippen molar-refractivity contribution in [2.45, 2.75) is 20.5 Å². The molecule has 1 aliphatic heterocycles. The zero-order valence-corrected chi connectivity index (χ0v) is 21.0. The number of amides is 4. The Morgan fingerprint density at radius 2 is 1.72 bits per heavy atom. The van der Waals surface area contributed by atoms with Gasteiger partial charge >= 0.3 is 6.03 Å². The molecule has 0 bridgehead atoms. The van der Waals surface area contributed by atoms with Crippen molar-refractivity contribution in [3.05, 3.63) is 93.0 Å². The van der Waals surface area contributed by atoms with E-state index >= 15 is 0 Å². The molecule has 0 spiro atoms. The number of urea groups is 1. The van der Waals surface area contributed by atoms with Crippen LogP contribution in [0.4, 0.5) is 10.5 Å². The fraction of sp³-hybridized carbons (Fsp3) is 0.148. The number of hydrogen-bond donors (Lipinski definition) is 1. The first-order chi connectivity index (χ1) is 17.3. The van der Waals surface area contributed by atoms with Gasteiger partial charge in [-0.05, 0) is 61.4 Å². The number of imide groups is 2. The number of aryl methyl sites for hydroxylation is 1. The van der Waals surface area contributed by atoms with Gasteiger partial charge in [0.25, 0.3) is 11.8 Å². The van der Waals surface area contributed by atoms with Crippen LogP contribution in [0, 0.1) is 6.92 Å². The molecule has 0 saturated carbocycles. The van der Waals surface area contributed by atoms with Gasteiger partial charge in [-0.3, -0.25) is 14.9 Å². The van der Waals surface area contributed by atoms with Crippen molar-refractivity contribution in [1.29, 1.82) is 0 Å². The van der Waals surface area contributed by atoms with Crippen LogP contribution in [0.25, 0.3) is 6.08 Å². The predicted molar refractivity (Wildman–Crippen MR) is 139 cm³/mol. The first kappa shape index (κ1) is 25.3. The summed E-state index contributed by atoms with van der Waals surface area (Å²) in [5.41, 5.74) is 2.62. The number of hydrogen-bond acceptors (Lipinski definition) is 5. The third-order valence-corrected chi connectivity index (χ3v) is 6.06. The number of carbonyl (C=O) groups excluding carboxylic acids is 3. The van der Waals surface area contributed by atoms with Gasteiger partial charge in [0.1, 0.15) is 12.2 Å². The maximum Gasteiger partial charge on any atom is 0.335 e. The quantitative estimate of drug-likeness (QED) is 0.305. The number of benzene rings is 3. The molecule has 1 heterocycles. The van der Waals surface area contributed by atoms with E-state index in [1.807, 2.05) is 38.1 Å². The molecule has 1 aliphatic rings. The van der Waals surface area contributed by atoms with Crippen molar-refractivity contribution in [1.82, 2.24) is 5.32 Å². The zero-order valence-electron chi connectivity index (χ0n) is 19.5. The lowest BCUT2D eigenvalue weighted by atomic mass is 10.1. The fourth-order valence-electron chi connectivity index (χ4n) is 3.65. The van der Waals surface area contributed by atoms with Crippen LogP contribution in [0.3, 0.4) is 0 Å². The highest BCUT2D eigenvalue weighted by Gasteiger charge is 2.37. The number of halogens is 2. The van der Waals surface area contributed by atoms with Crippen LogP contribution in [-0.2, 0) is 16.2 Å². The normalized spacial score (nSPS) is 14.7. The number of nitrogens with zero attached hydrogens (tertiary/aromatic N) is 1. The van der Waals surface area contributed by atoms with Crippen LogP contribution in [-0.4, -0.2) is 24.5 Å². The molecule has 0 aromatic heterocycles. The van der Waals surface area contributed by atoms with Gasteiger partial charge < -0.3 is 9.47 Å². The second-order valence-electron chi connectivity index (χ2n) is 7.97. The molecular weight excluding hydrogens is 503 g/mol. The lowest BCUT2D eigenvalue weighted by molar-refractivity contribution is -0.122. The molecule has 36 heavy (non-hydrogen) atoms. The Balaban J connectivity index is 1.62. The second-order valence-corrected chi connectivity index (χ2v) is 8.79. The van der Waals surface area contributed by atoms with E-state index in [1.54, 1.807) is 18.2 Å². The van der Waals surface area contributed by atoms with E-state index in [0.717, 1.165) is 16.0 Å². The number of rotatable bonds is 7. The topological polar surface area (TPSA) is 84.9 Å². The Kier molecular flexibility index (Phi) is 7.62. The van der Waals surface area contributed by atoms with E-state index in [-0.39, 0.29) is 21.3 Å². The minimum Gasteiger partial charge on any atom is -0.490 e. The van der Waals surface area contributed by atoms with Gasteiger partial charge in [0.2, 0.25) is 0 Å². The number of barbiturate groups is 1. The van der Waals surface area contributed by atoms with Crippen LogP contribution in [0.1, 0.15) is 23.6 Å². The molecule has 1 N–H and O–H groups in total. The molecule has 1 saturated heterocycles. The third kappa shape index (κ3) is 5.53. The summed E-state index contributed by atoms with van der Waals surface area (Å²) in [5.74, 6) is -0.618. The summed E-state index contributed by atoms with van der Waals surface area (Å²) >= 11 is 12.0. The van der Waals surface area contributed by atoms with Crippen LogP contribution in [0.15, 0.2) is 66.2 Å². The average molecular weight is 525 g/mol. The van der Waals surface area contributed by atoms with Gasteiger partial charge in [-0.15, -0.1) is 0 Å². The van der Waals surface area contributed by atoms with E-state index in [1.165, 1.54) is 24.3 Å². The highest BCUT2D eigenvalue weighted by atomic mass is 35.5. The standard InChI is InChI=1S/C27H22Cl2N2O5/c1-3-35-24-13-17(7-10-23(24)36-15-18-6-4-5-16(2)11-18)12-20-25(32)30-27(34)31(26(20)33)19-8-9-21(28)22(29)14-19/h4-14H,3,15H2,1-2H3,(H,30,32,34)/b20-12+. The van der Waals surface area contributed by atoms with Crippen molar-refractivity contribution in [2.24, 2.45) is 0 Å². The molecule has 3 aromatic carbocycles. The molecule has 1 fully saturated rings. The summed E-state index contributed by atoms with van der Waals surface area (Å²) in [6.07, 6.45) is 1.39. The van der Waals surface area contributed by atoms with E-state index in [0.29, 0.717) is 30.3 Å². The lowest BCUT2D eigenvalue weighted by Crippen LogP contribution is -2.54. The van der Waals surface area contributed by atoms with Gasteiger partial charge in [0.15, 0.2) is 11.5 Å². The summed E-state index contributed by atoms with van der Waals surface area (Å²) in [4.78, 5) is 39.0. The highest BCUT2D eigenvalue weighted by Crippen LogP contribution is 2.32. The van der Waals surface area contributed by atoms with Gasteiger partial charge in [-0.25, -0.2) is 9.69 Å². The van der Waals surface area contributed by atoms with Gasteiger partial charge in [0.05, 0.1) is 22.3 Å². The van der Waals surface area contributed by atoms with Crippen LogP contribution < -0.4 is 19.7 Å². The summed E-state index contributed by atoms with van der Waals surface area (Å²) < 4.78 is 11.7. The van der Waals surface area contributed by atoms with Gasteiger partial charge in [-0.2, -0.15) is 0 Å². The SMILES string of the molecule is CCOc1cc(/C=C2\C(=O)NC(=O)N(c3ccc(Cl)c(Cl)c3)C2=O)ccc1OCc1cccc(C)c1. The van der Waals surface area contributed by atoms with Gasteiger partial charge in [-0.1, -0.05) is 59.1 Å². The molecular formula is C27H22Cl2N2O5. The van der Waals surface area contributed by atoms with Crippen molar-refractivity contribution in [3.8, 4) is 11.5 Å². The monoisotopic (exact) mass is 524 g/mol. The van der Waals surface area contributed by atoms with E-state index in [9.17, 15) is 14.4 Å². The maximum atomic E-state index is 13.2. The molecule has 3 aromatic rings. The van der Waals surface area contributed by atoms with Crippen molar-refractivity contribution < 1.29 is 23.9 Å². The van der Waals surface area contributed by atoms with Crippen molar-refractivity contribution in [2.75, 3.05) is 11.5 Å². The molecule has 4 amide bonds.